The number of rotatable bonds is 1. The molecule has 0 bridgehead atoms. The second kappa shape index (κ2) is 3.46. The topological polar surface area (TPSA) is 34.9 Å². The zero-order chi connectivity index (χ0) is 9.97. The van der Waals surface area contributed by atoms with Crippen molar-refractivity contribution in [2.24, 2.45) is 0 Å². The fourth-order valence-corrected chi connectivity index (χ4v) is 1.31. The van der Waals surface area contributed by atoms with E-state index in [2.05, 4.69) is 4.98 Å². The molecule has 0 aliphatic heterocycles. The first-order chi connectivity index (χ1) is 6.77. The highest BCUT2D eigenvalue weighted by molar-refractivity contribution is 5.31. The van der Waals surface area contributed by atoms with E-state index in [0.29, 0.717) is 0 Å². The van der Waals surface area contributed by atoms with Crippen LogP contribution in [-0.2, 0) is 0 Å². The van der Waals surface area contributed by atoms with Crippen molar-refractivity contribution in [1.82, 2.24) is 9.55 Å². The van der Waals surface area contributed by atoms with Crippen molar-refractivity contribution in [3.8, 4) is 5.69 Å². The smallest absolute Gasteiger partial charge is 0.255 e. The van der Waals surface area contributed by atoms with Crippen molar-refractivity contribution in [3.05, 3.63) is 58.8 Å². The summed E-state index contributed by atoms with van der Waals surface area (Å²) in [7, 11) is 0. The molecule has 0 aromatic carbocycles. The Balaban J connectivity index is 2.61. The van der Waals surface area contributed by atoms with Crippen LogP contribution in [0.15, 0.2) is 47.7 Å². The first-order valence-corrected chi connectivity index (χ1v) is 4.37. The standard InChI is InChI=1S/C11H10N2O/c1-9-6-10(8-12-7-9)13-5-3-2-4-11(13)14/h2-8H,1H3. The van der Waals surface area contributed by atoms with E-state index in [1.54, 1.807) is 29.2 Å². The Kier molecular flexibility index (Phi) is 2.14. The molecule has 3 heteroatoms. The number of hydrogen-bond donors (Lipinski definition) is 0. The number of aromatic nitrogens is 2. The van der Waals surface area contributed by atoms with Gasteiger partial charge in [-0.3, -0.25) is 14.3 Å². The van der Waals surface area contributed by atoms with E-state index in [0.717, 1.165) is 11.3 Å². The van der Waals surface area contributed by atoms with Crippen LogP contribution in [0.25, 0.3) is 5.69 Å². The van der Waals surface area contributed by atoms with Gasteiger partial charge in [-0.25, -0.2) is 0 Å². The number of nitrogens with zero attached hydrogens (tertiary/aromatic N) is 2. The maximum absolute atomic E-state index is 11.5. The third-order valence-electron chi connectivity index (χ3n) is 1.96. The lowest BCUT2D eigenvalue weighted by molar-refractivity contribution is 0.974. The molecule has 2 aromatic rings. The normalized spacial score (nSPS) is 10.1. The lowest BCUT2D eigenvalue weighted by Crippen LogP contribution is -2.15. The van der Waals surface area contributed by atoms with Gasteiger partial charge < -0.3 is 0 Å². The zero-order valence-corrected chi connectivity index (χ0v) is 7.84. The molecule has 0 unspecified atom stereocenters. The summed E-state index contributed by atoms with van der Waals surface area (Å²) in [5.41, 5.74) is 1.80. The molecule has 3 nitrogen and oxygen atoms in total. The molecular formula is C11H10N2O. The van der Waals surface area contributed by atoms with E-state index in [1.807, 2.05) is 19.1 Å². The van der Waals surface area contributed by atoms with Crippen molar-refractivity contribution in [2.75, 3.05) is 0 Å². The minimum absolute atomic E-state index is 0.0418. The molecule has 0 radical (unpaired) electrons. The van der Waals surface area contributed by atoms with Gasteiger partial charge >= 0.3 is 0 Å². The summed E-state index contributed by atoms with van der Waals surface area (Å²) in [6.07, 6.45) is 5.17. The highest BCUT2D eigenvalue weighted by Gasteiger charge is 1.97. The summed E-state index contributed by atoms with van der Waals surface area (Å²) in [5, 5.41) is 0. The monoisotopic (exact) mass is 186 g/mol. The summed E-state index contributed by atoms with van der Waals surface area (Å²) in [6.45, 7) is 1.95. The summed E-state index contributed by atoms with van der Waals surface area (Å²) >= 11 is 0. The lowest BCUT2D eigenvalue weighted by Gasteiger charge is -2.04. The van der Waals surface area contributed by atoms with Gasteiger partial charge in [0.05, 0.1) is 11.9 Å². The van der Waals surface area contributed by atoms with E-state index in [1.165, 1.54) is 6.07 Å². The first-order valence-electron chi connectivity index (χ1n) is 4.37. The van der Waals surface area contributed by atoms with Gasteiger partial charge in [0, 0.05) is 18.5 Å². The van der Waals surface area contributed by atoms with Crippen LogP contribution in [0.5, 0.6) is 0 Å². The Bertz CT molecular complexity index is 502. The van der Waals surface area contributed by atoms with Crippen LogP contribution in [0, 0.1) is 6.92 Å². The minimum atomic E-state index is -0.0418. The van der Waals surface area contributed by atoms with E-state index in [-0.39, 0.29) is 5.56 Å². The van der Waals surface area contributed by atoms with Gasteiger partial charge in [-0.1, -0.05) is 6.07 Å². The van der Waals surface area contributed by atoms with Crippen LogP contribution in [-0.4, -0.2) is 9.55 Å². The van der Waals surface area contributed by atoms with E-state index in [4.69, 9.17) is 0 Å². The number of hydrogen-bond acceptors (Lipinski definition) is 2. The van der Waals surface area contributed by atoms with E-state index < -0.39 is 0 Å². The molecule has 2 aromatic heterocycles. The molecule has 0 spiro atoms. The van der Waals surface area contributed by atoms with Gasteiger partial charge in [-0.2, -0.15) is 0 Å². The highest BCUT2D eigenvalue weighted by atomic mass is 16.1. The van der Waals surface area contributed by atoms with Crippen LogP contribution < -0.4 is 5.56 Å². The van der Waals surface area contributed by atoms with Gasteiger partial charge in [0.15, 0.2) is 0 Å². The Morgan fingerprint density at radius 2 is 2.14 bits per heavy atom. The predicted molar refractivity (Wildman–Crippen MR) is 54.6 cm³/mol. The van der Waals surface area contributed by atoms with Gasteiger partial charge in [0.2, 0.25) is 0 Å². The van der Waals surface area contributed by atoms with Crippen molar-refractivity contribution < 1.29 is 0 Å². The molecule has 2 rings (SSSR count). The van der Waals surface area contributed by atoms with Gasteiger partial charge in [-0.05, 0) is 24.6 Å². The summed E-state index contributed by atoms with van der Waals surface area (Å²) in [6, 6.07) is 7.00. The Labute approximate surface area is 81.7 Å². The molecule has 0 aliphatic rings. The first kappa shape index (κ1) is 8.69. The maximum Gasteiger partial charge on any atom is 0.255 e. The van der Waals surface area contributed by atoms with Crippen molar-refractivity contribution >= 4 is 0 Å². The fraction of sp³-hybridized carbons (Fsp3) is 0.0909. The highest BCUT2D eigenvalue weighted by Crippen LogP contribution is 2.04. The molecule has 14 heavy (non-hydrogen) atoms. The third-order valence-corrected chi connectivity index (χ3v) is 1.96. The van der Waals surface area contributed by atoms with Crippen LogP contribution in [0.4, 0.5) is 0 Å². The Morgan fingerprint density at radius 1 is 1.29 bits per heavy atom. The summed E-state index contributed by atoms with van der Waals surface area (Å²) in [4.78, 5) is 15.5. The lowest BCUT2D eigenvalue weighted by atomic mass is 10.3. The molecule has 70 valence electrons. The SMILES string of the molecule is Cc1cncc(-n2ccccc2=O)c1. The Hall–Kier alpha value is -1.90. The molecule has 0 saturated carbocycles. The number of aryl methyl sites for hydroxylation is 1. The van der Waals surface area contributed by atoms with Gasteiger partial charge in [-0.15, -0.1) is 0 Å². The minimum Gasteiger partial charge on any atom is -0.283 e. The fourth-order valence-electron chi connectivity index (χ4n) is 1.31. The van der Waals surface area contributed by atoms with Gasteiger partial charge in [0.1, 0.15) is 0 Å². The molecule has 0 atom stereocenters. The van der Waals surface area contributed by atoms with Crippen molar-refractivity contribution in [2.45, 2.75) is 6.92 Å². The number of pyridine rings is 2. The summed E-state index contributed by atoms with van der Waals surface area (Å²) < 4.78 is 1.57. The average Bonchev–Trinajstić information content (AvgIpc) is 2.18. The van der Waals surface area contributed by atoms with Crippen molar-refractivity contribution in [3.63, 3.8) is 0 Å². The largest absolute Gasteiger partial charge is 0.283 e. The van der Waals surface area contributed by atoms with Crippen LogP contribution in [0.1, 0.15) is 5.56 Å². The molecule has 2 heterocycles. The average molecular weight is 186 g/mol. The molecule has 0 fully saturated rings. The second-order valence-corrected chi connectivity index (χ2v) is 3.13. The summed E-state index contributed by atoms with van der Waals surface area (Å²) in [5.74, 6) is 0. The molecule has 0 aliphatic carbocycles. The maximum atomic E-state index is 11.5. The van der Waals surface area contributed by atoms with Crippen molar-refractivity contribution in [1.29, 1.82) is 0 Å². The van der Waals surface area contributed by atoms with Crippen LogP contribution >= 0.6 is 0 Å². The van der Waals surface area contributed by atoms with Crippen LogP contribution in [0.2, 0.25) is 0 Å². The molecule has 0 saturated heterocycles. The molecular weight excluding hydrogens is 176 g/mol. The van der Waals surface area contributed by atoms with E-state index >= 15 is 0 Å². The van der Waals surface area contributed by atoms with Gasteiger partial charge in [0.25, 0.3) is 5.56 Å². The zero-order valence-electron chi connectivity index (χ0n) is 7.84. The van der Waals surface area contributed by atoms with Crippen LogP contribution in [0.3, 0.4) is 0 Å². The second-order valence-electron chi connectivity index (χ2n) is 3.13. The molecule has 0 N–H and O–H groups in total. The quantitative estimate of drug-likeness (QED) is 0.677. The van der Waals surface area contributed by atoms with E-state index in [9.17, 15) is 4.79 Å². The Morgan fingerprint density at radius 3 is 2.86 bits per heavy atom. The molecule has 0 amide bonds. The third kappa shape index (κ3) is 1.57. The predicted octanol–water partition coefficient (Wildman–Crippen LogP) is 1.54.